The number of amides is 3. The van der Waals surface area contributed by atoms with Gasteiger partial charge < -0.3 is 15.7 Å². The molecule has 1 heterocycles. The third-order valence-electron chi connectivity index (χ3n) is 4.22. The molecule has 2 aromatic carbocycles. The first-order chi connectivity index (χ1) is 12.1. The smallest absolute Gasteiger partial charge is 0.329 e. The van der Waals surface area contributed by atoms with E-state index in [-0.39, 0.29) is 0 Å². The zero-order chi connectivity index (χ0) is 17.9. The molecule has 0 spiro atoms. The Morgan fingerprint density at radius 3 is 2.56 bits per heavy atom. The monoisotopic (exact) mass is 339 g/mol. The van der Waals surface area contributed by atoms with Crippen LogP contribution in [-0.4, -0.2) is 23.6 Å². The summed E-state index contributed by atoms with van der Waals surface area (Å²) in [5.41, 5.74) is -0.920. The Kier molecular flexibility index (Phi) is 4.72. The molecule has 3 rings (SSSR count). The highest BCUT2D eigenvalue weighted by Gasteiger charge is 2.51. The summed E-state index contributed by atoms with van der Waals surface area (Å²) in [6, 6.07) is 14.9. The van der Waals surface area contributed by atoms with Crippen LogP contribution in [0.5, 0.6) is 0 Å². The Hall–Kier alpha value is -2.86. The fourth-order valence-electron chi connectivity index (χ4n) is 2.94. The molecular weight excluding hydrogens is 318 g/mol. The van der Waals surface area contributed by atoms with Crippen LogP contribution in [-0.2, 0) is 10.5 Å². The quantitative estimate of drug-likeness (QED) is 0.733. The van der Waals surface area contributed by atoms with E-state index in [9.17, 15) is 14.7 Å². The normalized spacial score (nSPS) is 19.1. The van der Waals surface area contributed by atoms with Gasteiger partial charge in [0.05, 0.1) is 5.69 Å². The van der Waals surface area contributed by atoms with E-state index in [2.05, 4.69) is 10.6 Å². The number of anilines is 2. The predicted octanol–water partition coefficient (Wildman–Crippen LogP) is 2.80. The van der Waals surface area contributed by atoms with Crippen LogP contribution in [0.2, 0.25) is 0 Å². The first-order valence-corrected chi connectivity index (χ1v) is 8.35. The second-order valence-electron chi connectivity index (χ2n) is 5.93. The fourth-order valence-corrected chi connectivity index (χ4v) is 2.94. The van der Waals surface area contributed by atoms with Crippen molar-refractivity contribution >= 4 is 23.3 Å². The SMILES string of the molecule is CCCCNC(=O)[C@]1(O)c2ccccc2NC(=O)N1c1ccccc1. The zero-order valence-electron chi connectivity index (χ0n) is 14.0. The maximum atomic E-state index is 12.9. The Morgan fingerprint density at radius 2 is 1.84 bits per heavy atom. The maximum absolute atomic E-state index is 12.9. The molecule has 0 aliphatic carbocycles. The van der Waals surface area contributed by atoms with Gasteiger partial charge in [-0.15, -0.1) is 0 Å². The summed E-state index contributed by atoms with van der Waals surface area (Å²) < 4.78 is 0. The van der Waals surface area contributed by atoms with Gasteiger partial charge in [0.2, 0.25) is 0 Å². The summed E-state index contributed by atoms with van der Waals surface area (Å²) in [7, 11) is 0. The molecule has 3 amide bonds. The van der Waals surface area contributed by atoms with Crippen LogP contribution in [0, 0.1) is 0 Å². The van der Waals surface area contributed by atoms with Crippen molar-refractivity contribution < 1.29 is 14.7 Å². The van der Waals surface area contributed by atoms with Crippen molar-refractivity contribution in [2.45, 2.75) is 25.5 Å². The number of rotatable bonds is 5. The van der Waals surface area contributed by atoms with E-state index >= 15 is 0 Å². The van der Waals surface area contributed by atoms with Crippen LogP contribution >= 0.6 is 0 Å². The number of aliphatic hydroxyl groups is 1. The lowest BCUT2D eigenvalue weighted by Crippen LogP contribution is -2.62. The molecule has 1 atom stereocenters. The van der Waals surface area contributed by atoms with Crippen molar-refractivity contribution in [3.05, 3.63) is 60.2 Å². The van der Waals surface area contributed by atoms with Gasteiger partial charge in [-0.3, -0.25) is 9.69 Å². The summed E-state index contributed by atoms with van der Waals surface area (Å²) in [5, 5.41) is 16.9. The molecule has 0 saturated heterocycles. The zero-order valence-corrected chi connectivity index (χ0v) is 14.0. The lowest BCUT2D eigenvalue weighted by molar-refractivity contribution is -0.140. The second kappa shape index (κ2) is 6.94. The molecular formula is C19H21N3O3. The van der Waals surface area contributed by atoms with Crippen LogP contribution in [0.15, 0.2) is 54.6 Å². The standard InChI is InChI=1S/C19H21N3O3/c1-2-3-13-20-17(23)19(25)15-11-7-8-12-16(15)21-18(24)22(19)14-9-5-4-6-10-14/h4-12,25H,2-3,13H2,1H3,(H,20,23)(H,21,24)/t19-/m1/s1. The minimum atomic E-state index is -2.12. The predicted molar refractivity (Wildman–Crippen MR) is 96.2 cm³/mol. The first kappa shape index (κ1) is 17.0. The number of carbonyl (C=O) groups excluding carboxylic acids is 2. The van der Waals surface area contributed by atoms with Gasteiger partial charge in [0.1, 0.15) is 0 Å². The van der Waals surface area contributed by atoms with Crippen molar-refractivity contribution in [2.75, 3.05) is 16.8 Å². The Morgan fingerprint density at radius 1 is 1.16 bits per heavy atom. The highest BCUT2D eigenvalue weighted by atomic mass is 16.3. The van der Waals surface area contributed by atoms with E-state index in [1.807, 2.05) is 6.92 Å². The Balaban J connectivity index is 2.09. The van der Waals surface area contributed by atoms with Crippen LogP contribution in [0.3, 0.4) is 0 Å². The summed E-state index contributed by atoms with van der Waals surface area (Å²) in [5.74, 6) is -0.618. The minimum absolute atomic E-state index is 0.340. The van der Waals surface area contributed by atoms with Crippen LogP contribution in [0.1, 0.15) is 25.3 Å². The number of nitrogens with zero attached hydrogens (tertiary/aromatic N) is 1. The topological polar surface area (TPSA) is 81.7 Å². The summed E-state index contributed by atoms with van der Waals surface area (Å²) in [6.45, 7) is 2.45. The number of hydrogen-bond acceptors (Lipinski definition) is 3. The van der Waals surface area contributed by atoms with Gasteiger partial charge in [-0.1, -0.05) is 49.7 Å². The Bertz CT molecular complexity index is 778. The van der Waals surface area contributed by atoms with Gasteiger partial charge in [0.25, 0.3) is 11.6 Å². The second-order valence-corrected chi connectivity index (χ2v) is 5.93. The van der Waals surface area contributed by atoms with E-state index in [0.29, 0.717) is 23.5 Å². The molecule has 25 heavy (non-hydrogen) atoms. The number of benzene rings is 2. The summed E-state index contributed by atoms with van der Waals surface area (Å²) in [6.07, 6.45) is 1.71. The molecule has 130 valence electrons. The van der Waals surface area contributed by atoms with Gasteiger partial charge in [-0.2, -0.15) is 0 Å². The molecule has 2 aromatic rings. The molecule has 6 nitrogen and oxygen atoms in total. The molecule has 0 bridgehead atoms. The number of hydrogen-bond donors (Lipinski definition) is 3. The van der Waals surface area contributed by atoms with E-state index in [0.717, 1.165) is 17.7 Å². The van der Waals surface area contributed by atoms with Crippen molar-refractivity contribution in [2.24, 2.45) is 0 Å². The average Bonchev–Trinajstić information content (AvgIpc) is 2.62. The van der Waals surface area contributed by atoms with Gasteiger partial charge in [-0.25, -0.2) is 4.79 Å². The first-order valence-electron chi connectivity index (χ1n) is 8.35. The molecule has 3 N–H and O–H groups in total. The Labute approximate surface area is 146 Å². The van der Waals surface area contributed by atoms with Crippen LogP contribution < -0.4 is 15.5 Å². The van der Waals surface area contributed by atoms with E-state index < -0.39 is 17.7 Å². The van der Waals surface area contributed by atoms with Crippen molar-refractivity contribution in [1.82, 2.24) is 5.32 Å². The van der Waals surface area contributed by atoms with E-state index in [4.69, 9.17) is 0 Å². The number of carbonyl (C=O) groups is 2. The highest BCUT2D eigenvalue weighted by molar-refractivity contribution is 6.11. The number of para-hydroxylation sites is 2. The highest BCUT2D eigenvalue weighted by Crippen LogP contribution is 2.39. The molecule has 1 aliphatic rings. The lowest BCUT2D eigenvalue weighted by atomic mass is 9.94. The third-order valence-corrected chi connectivity index (χ3v) is 4.22. The fraction of sp³-hybridized carbons (Fsp3) is 0.263. The minimum Gasteiger partial charge on any atom is -0.359 e. The summed E-state index contributed by atoms with van der Waals surface area (Å²) in [4.78, 5) is 26.7. The van der Waals surface area contributed by atoms with Gasteiger partial charge in [0, 0.05) is 17.8 Å². The number of nitrogens with one attached hydrogen (secondary N) is 2. The number of unbranched alkanes of at least 4 members (excludes halogenated alkanes) is 1. The molecule has 0 radical (unpaired) electrons. The largest absolute Gasteiger partial charge is 0.359 e. The molecule has 0 aromatic heterocycles. The van der Waals surface area contributed by atoms with Gasteiger partial charge >= 0.3 is 6.03 Å². The van der Waals surface area contributed by atoms with Crippen LogP contribution in [0.25, 0.3) is 0 Å². The maximum Gasteiger partial charge on any atom is 0.329 e. The molecule has 0 saturated carbocycles. The molecule has 0 fully saturated rings. The van der Waals surface area contributed by atoms with Gasteiger partial charge in [-0.05, 0) is 24.6 Å². The summed E-state index contributed by atoms with van der Waals surface area (Å²) >= 11 is 0. The van der Waals surface area contributed by atoms with Crippen molar-refractivity contribution in [1.29, 1.82) is 0 Å². The molecule has 6 heteroatoms. The average molecular weight is 339 g/mol. The van der Waals surface area contributed by atoms with Crippen LogP contribution in [0.4, 0.5) is 16.2 Å². The third kappa shape index (κ3) is 2.96. The van der Waals surface area contributed by atoms with Crippen molar-refractivity contribution in [3.8, 4) is 0 Å². The van der Waals surface area contributed by atoms with Gasteiger partial charge in [0.15, 0.2) is 0 Å². The number of fused-ring (bicyclic) bond motifs is 1. The molecule has 0 unspecified atom stereocenters. The van der Waals surface area contributed by atoms with E-state index in [1.54, 1.807) is 54.6 Å². The van der Waals surface area contributed by atoms with E-state index in [1.165, 1.54) is 0 Å². The van der Waals surface area contributed by atoms with Crippen molar-refractivity contribution in [3.63, 3.8) is 0 Å². The lowest BCUT2D eigenvalue weighted by Gasteiger charge is -2.42. The molecule has 1 aliphatic heterocycles. The number of urea groups is 1.